The molecule has 1 amide bonds. The second kappa shape index (κ2) is 9.71. The smallest absolute Gasteiger partial charge is 0.231 e. The summed E-state index contributed by atoms with van der Waals surface area (Å²) in [5.74, 6) is 0.542. The number of hydrogen-bond acceptors (Lipinski definition) is 5. The zero-order valence-electron chi connectivity index (χ0n) is 18.9. The third-order valence-corrected chi connectivity index (χ3v) is 6.82. The van der Waals surface area contributed by atoms with Crippen LogP contribution in [0.3, 0.4) is 0 Å². The minimum Gasteiger partial charge on any atom is -0.353 e. The van der Waals surface area contributed by atoms with Crippen molar-refractivity contribution in [3.05, 3.63) is 52.2 Å². The lowest BCUT2D eigenvalue weighted by Gasteiger charge is -2.38. The summed E-state index contributed by atoms with van der Waals surface area (Å²) in [7, 11) is 0. The number of carbonyl (C=O) groups excluding carboxylic acids is 1. The SMILES string of the molecule is CC(C)NC[C@@H](C(=O)N1CCN(c2ncnc3c2C(C)CC3)CC1)c1ccc(Cl)c(F)c1. The van der Waals surface area contributed by atoms with E-state index in [2.05, 4.69) is 27.1 Å². The number of hydrogen-bond donors (Lipinski definition) is 1. The average molecular weight is 460 g/mol. The van der Waals surface area contributed by atoms with Crippen molar-refractivity contribution in [2.75, 3.05) is 37.6 Å². The standard InChI is InChI=1S/C24H31ClFN5O/c1-15(2)27-13-18(17-5-6-19(25)20(26)12-17)24(32)31-10-8-30(9-11-31)23-22-16(3)4-7-21(22)28-14-29-23/h5-6,12,14-16,18,27H,4,7-11,13H2,1-3H3/t16?,18-/m1/s1. The third kappa shape index (κ3) is 4.74. The van der Waals surface area contributed by atoms with Gasteiger partial charge in [0.1, 0.15) is 18.0 Å². The summed E-state index contributed by atoms with van der Waals surface area (Å²) in [6, 6.07) is 4.88. The van der Waals surface area contributed by atoms with Crippen molar-refractivity contribution in [1.82, 2.24) is 20.2 Å². The minimum atomic E-state index is -0.497. The maximum atomic E-state index is 14.1. The summed E-state index contributed by atoms with van der Waals surface area (Å²) in [6.45, 7) is 9.42. The van der Waals surface area contributed by atoms with E-state index in [9.17, 15) is 9.18 Å². The molecule has 1 aliphatic carbocycles. The van der Waals surface area contributed by atoms with Gasteiger partial charge in [0.2, 0.25) is 5.91 Å². The van der Waals surface area contributed by atoms with Gasteiger partial charge in [0.25, 0.3) is 0 Å². The first-order valence-corrected chi connectivity index (χ1v) is 11.8. The Bertz CT molecular complexity index is 977. The van der Waals surface area contributed by atoms with Crippen molar-refractivity contribution in [2.24, 2.45) is 0 Å². The van der Waals surface area contributed by atoms with Gasteiger partial charge in [0.05, 0.1) is 10.9 Å². The minimum absolute atomic E-state index is 0.0146. The Morgan fingerprint density at radius 3 is 2.69 bits per heavy atom. The number of nitrogens with zero attached hydrogens (tertiary/aromatic N) is 4. The molecule has 2 atom stereocenters. The number of aryl methyl sites for hydroxylation is 1. The molecule has 0 spiro atoms. The number of fused-ring (bicyclic) bond motifs is 1. The fourth-order valence-electron chi connectivity index (χ4n) is 4.66. The van der Waals surface area contributed by atoms with Crippen molar-refractivity contribution < 1.29 is 9.18 Å². The van der Waals surface area contributed by atoms with Crippen LogP contribution in [0.2, 0.25) is 5.02 Å². The maximum absolute atomic E-state index is 14.1. The number of halogens is 2. The molecule has 0 bridgehead atoms. The van der Waals surface area contributed by atoms with E-state index in [4.69, 9.17) is 11.6 Å². The van der Waals surface area contributed by atoms with Crippen LogP contribution in [0, 0.1) is 5.82 Å². The molecule has 0 radical (unpaired) electrons. The van der Waals surface area contributed by atoms with Crippen LogP contribution in [0.5, 0.6) is 0 Å². The number of rotatable bonds is 6. The van der Waals surface area contributed by atoms with E-state index < -0.39 is 11.7 Å². The van der Waals surface area contributed by atoms with Crippen LogP contribution in [0.1, 0.15) is 55.8 Å². The maximum Gasteiger partial charge on any atom is 0.231 e. The van der Waals surface area contributed by atoms with Crippen LogP contribution in [-0.4, -0.2) is 59.5 Å². The first-order chi connectivity index (χ1) is 15.3. The van der Waals surface area contributed by atoms with E-state index >= 15 is 0 Å². The van der Waals surface area contributed by atoms with Gasteiger partial charge < -0.3 is 15.1 Å². The van der Waals surface area contributed by atoms with Crippen molar-refractivity contribution in [3.8, 4) is 0 Å². The molecule has 2 aliphatic rings. The van der Waals surface area contributed by atoms with E-state index in [1.165, 1.54) is 17.7 Å². The first-order valence-electron chi connectivity index (χ1n) is 11.4. The largest absolute Gasteiger partial charge is 0.353 e. The molecule has 1 fully saturated rings. The molecule has 0 saturated carbocycles. The average Bonchev–Trinajstić information content (AvgIpc) is 3.17. The summed E-state index contributed by atoms with van der Waals surface area (Å²) in [5.41, 5.74) is 3.07. The third-order valence-electron chi connectivity index (χ3n) is 6.52. The van der Waals surface area contributed by atoms with Crippen molar-refractivity contribution in [2.45, 2.75) is 51.5 Å². The van der Waals surface area contributed by atoms with E-state index in [1.807, 2.05) is 18.7 Å². The number of piperazine rings is 1. The molecule has 32 heavy (non-hydrogen) atoms. The predicted octanol–water partition coefficient (Wildman–Crippen LogP) is 3.75. The molecule has 1 N–H and O–H groups in total. The highest BCUT2D eigenvalue weighted by atomic mass is 35.5. The number of amides is 1. The van der Waals surface area contributed by atoms with Crippen LogP contribution in [-0.2, 0) is 11.2 Å². The fourth-order valence-corrected chi connectivity index (χ4v) is 4.78. The van der Waals surface area contributed by atoms with Crippen LogP contribution in [0.25, 0.3) is 0 Å². The second-order valence-corrected chi connectivity index (χ2v) is 9.51. The highest BCUT2D eigenvalue weighted by Gasteiger charge is 2.32. The lowest BCUT2D eigenvalue weighted by atomic mass is 9.96. The van der Waals surface area contributed by atoms with Crippen molar-refractivity contribution in [1.29, 1.82) is 0 Å². The Kier molecular flexibility index (Phi) is 6.96. The molecule has 1 aromatic carbocycles. The summed E-state index contributed by atoms with van der Waals surface area (Å²) in [6.07, 6.45) is 3.78. The monoisotopic (exact) mass is 459 g/mol. The predicted molar refractivity (Wildman–Crippen MR) is 125 cm³/mol. The molecule has 172 valence electrons. The Hall–Kier alpha value is -2.25. The Morgan fingerprint density at radius 2 is 2.00 bits per heavy atom. The number of aromatic nitrogens is 2. The van der Waals surface area contributed by atoms with Gasteiger partial charge in [-0.25, -0.2) is 14.4 Å². The van der Waals surface area contributed by atoms with Crippen LogP contribution >= 0.6 is 11.6 Å². The van der Waals surface area contributed by atoms with E-state index in [1.54, 1.807) is 12.4 Å². The van der Waals surface area contributed by atoms with E-state index in [0.717, 1.165) is 37.4 Å². The quantitative estimate of drug-likeness (QED) is 0.712. The molecule has 4 rings (SSSR count). The fraction of sp³-hybridized carbons (Fsp3) is 0.542. The first kappa shape index (κ1) is 22.9. The van der Waals surface area contributed by atoms with Gasteiger partial charge in [0, 0.05) is 50.0 Å². The van der Waals surface area contributed by atoms with Gasteiger partial charge in [-0.3, -0.25) is 4.79 Å². The van der Waals surface area contributed by atoms with Gasteiger partial charge >= 0.3 is 0 Å². The van der Waals surface area contributed by atoms with E-state index in [-0.39, 0.29) is 17.0 Å². The number of benzene rings is 1. The van der Waals surface area contributed by atoms with Crippen LogP contribution < -0.4 is 10.2 Å². The molecule has 8 heteroatoms. The van der Waals surface area contributed by atoms with E-state index in [0.29, 0.717) is 31.1 Å². The Labute approximate surface area is 194 Å². The van der Waals surface area contributed by atoms with Crippen LogP contribution in [0.4, 0.5) is 10.2 Å². The lowest BCUT2D eigenvalue weighted by Crippen LogP contribution is -2.51. The summed E-state index contributed by atoms with van der Waals surface area (Å²) in [5, 5.41) is 3.40. The molecule has 6 nitrogen and oxygen atoms in total. The van der Waals surface area contributed by atoms with Gasteiger partial charge in [-0.1, -0.05) is 38.4 Å². The second-order valence-electron chi connectivity index (χ2n) is 9.10. The van der Waals surface area contributed by atoms with Gasteiger partial charge in [-0.05, 0) is 36.5 Å². The normalized spacial score (nSPS) is 19.4. The Balaban J connectivity index is 1.48. The van der Waals surface area contributed by atoms with Crippen molar-refractivity contribution in [3.63, 3.8) is 0 Å². The summed E-state index contributed by atoms with van der Waals surface area (Å²) < 4.78 is 14.1. The van der Waals surface area contributed by atoms with Gasteiger partial charge in [-0.2, -0.15) is 0 Å². The Morgan fingerprint density at radius 1 is 1.25 bits per heavy atom. The topological polar surface area (TPSA) is 61.4 Å². The molecule has 1 unspecified atom stereocenters. The molecule has 1 saturated heterocycles. The zero-order chi connectivity index (χ0) is 22.8. The number of anilines is 1. The summed E-state index contributed by atoms with van der Waals surface area (Å²) in [4.78, 5) is 26.7. The molecular formula is C24H31ClFN5O. The lowest BCUT2D eigenvalue weighted by molar-refractivity contribution is -0.133. The van der Waals surface area contributed by atoms with Crippen LogP contribution in [0.15, 0.2) is 24.5 Å². The van der Waals surface area contributed by atoms with Gasteiger partial charge in [-0.15, -0.1) is 0 Å². The highest BCUT2D eigenvalue weighted by molar-refractivity contribution is 6.30. The molecule has 2 heterocycles. The molecule has 2 aromatic rings. The van der Waals surface area contributed by atoms with Gasteiger partial charge in [0.15, 0.2) is 0 Å². The molecular weight excluding hydrogens is 429 g/mol. The molecule has 1 aliphatic heterocycles. The summed E-state index contributed by atoms with van der Waals surface area (Å²) >= 11 is 5.86. The zero-order valence-corrected chi connectivity index (χ0v) is 19.7. The number of carbonyl (C=O) groups is 1. The highest BCUT2D eigenvalue weighted by Crippen LogP contribution is 2.37. The molecule has 1 aromatic heterocycles. The van der Waals surface area contributed by atoms with Crippen molar-refractivity contribution >= 4 is 23.3 Å². The number of nitrogens with one attached hydrogen (secondary N) is 1.